The fourth-order valence-electron chi connectivity index (χ4n) is 4.91. The van der Waals surface area contributed by atoms with Crippen LogP contribution in [0.25, 0.3) is 12.2 Å². The fourth-order valence-corrected chi connectivity index (χ4v) is 4.91. The highest BCUT2D eigenvalue weighted by molar-refractivity contribution is 5.88. The first-order valence-electron chi connectivity index (χ1n) is 14.8. The van der Waals surface area contributed by atoms with E-state index in [1.807, 2.05) is 0 Å². The molecule has 2 aliphatic rings. The number of methoxy groups -OCH3 is 2. The van der Waals surface area contributed by atoms with Gasteiger partial charge in [0.1, 0.15) is 42.7 Å². The lowest BCUT2D eigenvalue weighted by atomic mass is 9.98. The number of hydrogen-bond acceptors (Lipinski definition) is 17. The Morgan fingerprint density at radius 3 is 1.73 bits per heavy atom. The third-order valence-corrected chi connectivity index (χ3v) is 7.63. The second-order valence-corrected chi connectivity index (χ2v) is 10.9. The average Bonchev–Trinajstić information content (AvgIpc) is 3.09. The van der Waals surface area contributed by atoms with Gasteiger partial charge in [0.05, 0.1) is 27.4 Å². The van der Waals surface area contributed by atoms with Crippen molar-refractivity contribution >= 4 is 24.1 Å². The van der Waals surface area contributed by atoms with Crippen molar-refractivity contribution in [2.24, 2.45) is 0 Å². The van der Waals surface area contributed by atoms with Gasteiger partial charge in [-0.15, -0.1) is 0 Å². The van der Waals surface area contributed by atoms with Crippen LogP contribution in [-0.2, 0) is 33.3 Å². The van der Waals surface area contributed by atoms with Crippen LogP contribution in [0.2, 0.25) is 0 Å². The number of aromatic hydroxyl groups is 2. The zero-order chi connectivity index (χ0) is 35.8. The lowest BCUT2D eigenvalue weighted by molar-refractivity contribution is -0.327. The summed E-state index contributed by atoms with van der Waals surface area (Å²) in [6, 6.07) is 8.49. The summed E-state index contributed by atoms with van der Waals surface area (Å²) >= 11 is 0. The minimum Gasteiger partial charge on any atom is -0.504 e. The third kappa shape index (κ3) is 9.24. The largest absolute Gasteiger partial charge is 0.504 e. The maximum absolute atomic E-state index is 12.9. The van der Waals surface area contributed by atoms with Crippen LogP contribution in [-0.4, -0.2) is 142 Å². The summed E-state index contributed by atoms with van der Waals surface area (Å²) in [5.74, 6) is -2.08. The number of phenols is 2. The van der Waals surface area contributed by atoms with E-state index in [0.29, 0.717) is 11.1 Å². The first-order chi connectivity index (χ1) is 23.4. The molecule has 0 bridgehead atoms. The van der Waals surface area contributed by atoms with E-state index in [1.165, 1.54) is 62.8 Å². The third-order valence-electron chi connectivity index (χ3n) is 7.63. The topological polar surface area (TPSA) is 261 Å². The number of benzene rings is 2. The van der Waals surface area contributed by atoms with Gasteiger partial charge in [-0.3, -0.25) is 0 Å². The monoisotopic (exact) mass is 694 g/mol. The van der Waals surface area contributed by atoms with E-state index in [4.69, 9.17) is 33.2 Å². The summed E-state index contributed by atoms with van der Waals surface area (Å²) in [5.41, 5.74) is 0.855. The Balaban J connectivity index is 1.51. The molecule has 0 aromatic heterocycles. The number of hydrogen-bond donors (Lipinski definition) is 8. The molecule has 10 atom stereocenters. The van der Waals surface area contributed by atoms with Crippen LogP contribution in [0.3, 0.4) is 0 Å². The van der Waals surface area contributed by atoms with E-state index in [0.717, 1.165) is 12.2 Å². The summed E-state index contributed by atoms with van der Waals surface area (Å²) in [5, 5.41) is 81.2. The Morgan fingerprint density at radius 2 is 1.20 bits per heavy atom. The van der Waals surface area contributed by atoms with Crippen molar-refractivity contribution in [3.63, 3.8) is 0 Å². The van der Waals surface area contributed by atoms with Crippen LogP contribution in [0.5, 0.6) is 23.0 Å². The highest BCUT2D eigenvalue weighted by atomic mass is 16.7. The standard InChI is InChI=1S/C32H38O17/c1-43-19-11-15(3-7-17(19)34)5-9-23(36)48-30-28(41)26(39)22(14-45-31-29(42)27(40)25(38)21(13-33)46-31)47-32(30)49-24(37)10-6-16-4-8-18(35)20(12-16)44-2/h3-12,21-22,25-35,38-42H,13-14H2,1-2H3/b9-5+,10-6-/t21-,22-,25-,26-,27+,28+,29-,30-,31-,32+/m1/s1. The van der Waals surface area contributed by atoms with Crippen molar-refractivity contribution in [3.05, 3.63) is 59.7 Å². The normalized spacial score (nSPS) is 30.3. The van der Waals surface area contributed by atoms with Crippen molar-refractivity contribution < 1.29 is 83.6 Å². The molecule has 2 fully saturated rings. The minimum atomic E-state index is -1.92. The summed E-state index contributed by atoms with van der Waals surface area (Å²) in [7, 11) is 2.68. The predicted octanol–water partition coefficient (Wildman–Crippen LogP) is -1.44. The number of carbonyl (C=O) groups excluding carboxylic acids is 2. The van der Waals surface area contributed by atoms with Crippen LogP contribution in [0.4, 0.5) is 0 Å². The Labute approximate surface area is 279 Å². The Kier molecular flexibility index (Phi) is 12.9. The SMILES string of the molecule is COc1cc(/C=C\C(=O)O[C@@H]2O[C@H](CO[C@@H]3O[C@H](CO)[C@@H](O)[C@H](O)[C@H]3O)[C@@H](O)[C@H](O)[C@H]2OC(=O)/C=C/c2ccc(O)c(OC)c2)ccc1O. The Hall–Kier alpha value is -4.30. The van der Waals surface area contributed by atoms with Crippen molar-refractivity contribution in [1.29, 1.82) is 0 Å². The zero-order valence-corrected chi connectivity index (χ0v) is 26.2. The molecule has 8 N–H and O–H groups in total. The molecule has 0 amide bonds. The summed E-state index contributed by atoms with van der Waals surface area (Å²) in [4.78, 5) is 25.7. The van der Waals surface area contributed by atoms with Gasteiger partial charge >= 0.3 is 11.9 Å². The van der Waals surface area contributed by atoms with Gasteiger partial charge in [0, 0.05) is 12.2 Å². The number of aliphatic hydroxyl groups excluding tert-OH is 6. The van der Waals surface area contributed by atoms with Gasteiger partial charge in [0.15, 0.2) is 35.4 Å². The van der Waals surface area contributed by atoms with Crippen LogP contribution < -0.4 is 9.47 Å². The van der Waals surface area contributed by atoms with Crippen LogP contribution in [0, 0.1) is 0 Å². The van der Waals surface area contributed by atoms with E-state index in [-0.39, 0.29) is 23.0 Å². The predicted molar refractivity (Wildman–Crippen MR) is 164 cm³/mol. The molecule has 2 aliphatic heterocycles. The molecule has 17 heteroatoms. The second kappa shape index (κ2) is 16.9. The number of carbonyl (C=O) groups is 2. The number of ether oxygens (including phenoxy) is 7. The van der Waals surface area contributed by atoms with Crippen molar-refractivity contribution in [2.75, 3.05) is 27.4 Å². The number of esters is 2. The first kappa shape index (κ1) is 37.5. The molecule has 4 rings (SSSR count). The lowest BCUT2D eigenvalue weighted by Crippen LogP contribution is -2.62. The second-order valence-electron chi connectivity index (χ2n) is 10.9. The molecule has 49 heavy (non-hydrogen) atoms. The van der Waals surface area contributed by atoms with Crippen molar-refractivity contribution in [2.45, 2.75) is 61.4 Å². The molecule has 0 saturated carbocycles. The van der Waals surface area contributed by atoms with Crippen molar-refractivity contribution in [1.82, 2.24) is 0 Å². The van der Waals surface area contributed by atoms with E-state index in [1.54, 1.807) is 0 Å². The maximum atomic E-state index is 12.9. The molecule has 0 aliphatic carbocycles. The van der Waals surface area contributed by atoms with Gasteiger partial charge in [-0.2, -0.15) is 0 Å². The molecular formula is C32H38O17. The molecule has 0 unspecified atom stereocenters. The highest BCUT2D eigenvalue weighted by Crippen LogP contribution is 2.30. The van der Waals surface area contributed by atoms with Crippen LogP contribution in [0.15, 0.2) is 48.6 Å². The smallest absolute Gasteiger partial charge is 0.333 e. The molecule has 2 saturated heterocycles. The van der Waals surface area contributed by atoms with Gasteiger partial charge in [-0.25, -0.2) is 9.59 Å². The summed E-state index contributed by atoms with van der Waals surface area (Å²) in [6.07, 6.45) is -12.4. The summed E-state index contributed by atoms with van der Waals surface area (Å²) in [6.45, 7) is -1.38. The molecular weight excluding hydrogens is 656 g/mol. The van der Waals surface area contributed by atoms with Gasteiger partial charge in [0.25, 0.3) is 0 Å². The fraction of sp³-hybridized carbons (Fsp3) is 0.438. The molecule has 2 heterocycles. The Bertz CT molecular complexity index is 1490. The molecule has 2 aromatic carbocycles. The van der Waals surface area contributed by atoms with E-state index in [9.17, 15) is 50.4 Å². The molecule has 0 radical (unpaired) electrons. The minimum absolute atomic E-state index is 0.132. The van der Waals surface area contributed by atoms with Gasteiger partial charge in [-0.05, 0) is 47.5 Å². The first-order valence-corrected chi connectivity index (χ1v) is 14.8. The lowest BCUT2D eigenvalue weighted by Gasteiger charge is -2.43. The van der Waals surface area contributed by atoms with Crippen molar-refractivity contribution in [3.8, 4) is 23.0 Å². The van der Waals surface area contributed by atoms with Crippen LogP contribution in [0.1, 0.15) is 11.1 Å². The van der Waals surface area contributed by atoms with Gasteiger partial charge in [0.2, 0.25) is 6.29 Å². The van der Waals surface area contributed by atoms with Crippen LogP contribution >= 0.6 is 0 Å². The number of phenolic OH excluding ortho intramolecular Hbond substituents is 2. The summed E-state index contributed by atoms with van der Waals surface area (Å²) < 4.78 is 37.2. The van der Waals surface area contributed by atoms with E-state index in [2.05, 4.69) is 0 Å². The quantitative estimate of drug-likeness (QED) is 0.0934. The maximum Gasteiger partial charge on any atom is 0.333 e. The molecule has 2 aromatic rings. The number of rotatable bonds is 12. The average molecular weight is 695 g/mol. The van der Waals surface area contributed by atoms with Gasteiger partial charge in [-0.1, -0.05) is 12.1 Å². The van der Waals surface area contributed by atoms with E-state index >= 15 is 0 Å². The molecule has 17 nitrogen and oxygen atoms in total. The Morgan fingerprint density at radius 1 is 0.694 bits per heavy atom. The number of aliphatic hydroxyl groups is 6. The van der Waals surface area contributed by atoms with Gasteiger partial charge < -0.3 is 74.0 Å². The zero-order valence-electron chi connectivity index (χ0n) is 26.2. The molecule has 0 spiro atoms. The highest BCUT2D eigenvalue weighted by Gasteiger charge is 2.50. The molecule has 268 valence electrons. The van der Waals surface area contributed by atoms with E-state index < -0.39 is 86.6 Å².